The molecule has 82 valence electrons. The fourth-order valence-corrected chi connectivity index (χ4v) is 0.774. The Morgan fingerprint density at radius 2 is 2.20 bits per heavy atom. The molecule has 0 fully saturated rings. The normalized spacial score (nSPS) is 11.9. The van der Waals surface area contributed by atoms with Gasteiger partial charge >= 0.3 is 12.1 Å². The maximum absolute atomic E-state index is 10.2. The number of nitrogens with one attached hydrogen (secondary N) is 1. The van der Waals surface area contributed by atoms with Crippen LogP contribution in [0.4, 0.5) is 10.5 Å². The first-order valence-corrected chi connectivity index (χ1v) is 4.21. The molecule has 1 amide bonds. The molecule has 0 saturated heterocycles. The number of hydrogen-bond acceptors (Lipinski definition) is 5. The molecule has 0 bridgehead atoms. The van der Waals surface area contributed by atoms with Crippen molar-refractivity contribution >= 4 is 11.8 Å². The zero-order valence-corrected chi connectivity index (χ0v) is 8.04. The number of hydrogen-bond donors (Lipinski definition) is 3. The summed E-state index contributed by atoms with van der Waals surface area (Å²) in [7, 11) is 0. The van der Waals surface area contributed by atoms with E-state index in [0.29, 0.717) is 0 Å². The van der Waals surface area contributed by atoms with E-state index in [-0.39, 0.29) is 18.3 Å². The fourth-order valence-electron chi connectivity index (χ4n) is 0.774. The number of aromatic nitrogens is 2. The molecular weight excluding hydrogens is 202 g/mol. The third-order valence-electron chi connectivity index (χ3n) is 1.33. The van der Waals surface area contributed by atoms with Gasteiger partial charge in [-0.2, -0.15) is 0 Å². The highest BCUT2D eigenvalue weighted by Gasteiger charge is 2.02. The Morgan fingerprint density at radius 3 is 2.67 bits per heavy atom. The lowest BCUT2D eigenvalue weighted by molar-refractivity contribution is 0.117. The molecule has 0 aliphatic heterocycles. The van der Waals surface area contributed by atoms with E-state index in [1.165, 1.54) is 12.4 Å². The van der Waals surface area contributed by atoms with Crippen molar-refractivity contribution < 1.29 is 19.7 Å². The maximum Gasteiger partial charge on any atom is 0.409 e. The molecule has 7 nitrogen and oxygen atoms in total. The van der Waals surface area contributed by atoms with Gasteiger partial charge in [-0.3, -0.25) is 5.32 Å². The number of rotatable bonds is 4. The quantitative estimate of drug-likeness (QED) is 0.665. The second-order valence-electron chi connectivity index (χ2n) is 2.84. The van der Waals surface area contributed by atoms with Crippen molar-refractivity contribution in [1.29, 1.82) is 0 Å². The highest BCUT2D eigenvalue weighted by Crippen LogP contribution is 2.07. The average molecular weight is 213 g/mol. The van der Waals surface area contributed by atoms with Gasteiger partial charge in [-0.25, -0.2) is 14.8 Å². The standard InChI is InChI=1S/C8H11N3O4/c1-5(12)4-15-7-9-2-6(3-10-7)11-8(13)14/h2-3,5,11-12H,4H2,1H3,(H,13,14). The highest BCUT2D eigenvalue weighted by molar-refractivity contribution is 5.82. The van der Waals surface area contributed by atoms with Gasteiger partial charge in [0.15, 0.2) is 0 Å². The van der Waals surface area contributed by atoms with E-state index in [0.717, 1.165) is 0 Å². The van der Waals surface area contributed by atoms with E-state index < -0.39 is 12.2 Å². The van der Waals surface area contributed by atoms with E-state index in [2.05, 4.69) is 15.3 Å². The van der Waals surface area contributed by atoms with Crippen LogP contribution in [0, 0.1) is 0 Å². The SMILES string of the molecule is CC(O)COc1ncc(NC(=O)O)cn1. The molecule has 0 saturated carbocycles. The van der Waals surface area contributed by atoms with Crippen LogP contribution in [0.2, 0.25) is 0 Å². The second-order valence-corrected chi connectivity index (χ2v) is 2.84. The molecule has 0 aromatic carbocycles. The molecule has 0 spiro atoms. The van der Waals surface area contributed by atoms with Gasteiger partial charge < -0.3 is 14.9 Å². The molecule has 0 aliphatic rings. The number of amides is 1. The van der Waals surface area contributed by atoms with E-state index in [4.69, 9.17) is 14.9 Å². The van der Waals surface area contributed by atoms with Gasteiger partial charge in [-0.05, 0) is 6.92 Å². The number of aliphatic hydroxyl groups excluding tert-OH is 1. The van der Waals surface area contributed by atoms with Crippen molar-refractivity contribution in [3.8, 4) is 6.01 Å². The number of carboxylic acid groups (broad SMARTS) is 1. The van der Waals surface area contributed by atoms with Crippen LogP contribution in [0.1, 0.15) is 6.92 Å². The summed E-state index contributed by atoms with van der Waals surface area (Å²) in [6.07, 6.45) is 0.762. The average Bonchev–Trinajstić information content (AvgIpc) is 2.16. The molecular formula is C8H11N3O4. The Balaban J connectivity index is 2.52. The van der Waals surface area contributed by atoms with Crippen molar-refractivity contribution in [2.75, 3.05) is 11.9 Å². The maximum atomic E-state index is 10.2. The minimum absolute atomic E-state index is 0.0890. The van der Waals surface area contributed by atoms with Crippen LogP contribution in [0.15, 0.2) is 12.4 Å². The molecule has 1 atom stereocenters. The van der Waals surface area contributed by atoms with Crippen LogP contribution >= 0.6 is 0 Å². The lowest BCUT2D eigenvalue weighted by Crippen LogP contribution is -2.14. The van der Waals surface area contributed by atoms with Crippen LogP contribution in [-0.2, 0) is 0 Å². The van der Waals surface area contributed by atoms with Gasteiger partial charge in [0.2, 0.25) is 0 Å². The molecule has 0 radical (unpaired) electrons. The van der Waals surface area contributed by atoms with Gasteiger partial charge in [0, 0.05) is 0 Å². The summed E-state index contributed by atoms with van der Waals surface area (Å²) in [6.45, 7) is 1.66. The van der Waals surface area contributed by atoms with Crippen molar-refractivity contribution in [2.24, 2.45) is 0 Å². The van der Waals surface area contributed by atoms with E-state index in [1.807, 2.05) is 0 Å². The third kappa shape index (κ3) is 4.23. The largest absolute Gasteiger partial charge is 0.465 e. The molecule has 3 N–H and O–H groups in total. The Kier molecular flexibility index (Phi) is 3.81. The minimum atomic E-state index is -1.18. The summed E-state index contributed by atoms with van der Waals surface area (Å²) in [6, 6.07) is 0.0897. The summed E-state index contributed by atoms with van der Waals surface area (Å²) in [5.74, 6) is 0. The lowest BCUT2D eigenvalue weighted by atomic mass is 10.4. The van der Waals surface area contributed by atoms with E-state index >= 15 is 0 Å². The zero-order valence-electron chi connectivity index (χ0n) is 8.04. The topological polar surface area (TPSA) is 105 Å². The summed E-state index contributed by atoms with van der Waals surface area (Å²) < 4.78 is 4.98. The van der Waals surface area contributed by atoms with Gasteiger partial charge in [-0.1, -0.05) is 0 Å². The number of aliphatic hydroxyl groups is 1. The molecule has 1 aromatic heterocycles. The van der Waals surface area contributed by atoms with Crippen LogP contribution < -0.4 is 10.1 Å². The van der Waals surface area contributed by atoms with Gasteiger partial charge in [-0.15, -0.1) is 0 Å². The highest BCUT2D eigenvalue weighted by atomic mass is 16.5. The predicted molar refractivity (Wildman–Crippen MR) is 50.9 cm³/mol. The van der Waals surface area contributed by atoms with Crippen LogP contribution in [0.25, 0.3) is 0 Å². The van der Waals surface area contributed by atoms with Crippen molar-refractivity contribution in [2.45, 2.75) is 13.0 Å². The number of ether oxygens (including phenoxy) is 1. The van der Waals surface area contributed by atoms with Crippen molar-refractivity contribution in [1.82, 2.24) is 9.97 Å². The smallest absolute Gasteiger partial charge is 0.409 e. The molecule has 7 heteroatoms. The summed E-state index contributed by atoms with van der Waals surface area (Å²) in [5, 5.41) is 19.4. The molecule has 0 aliphatic carbocycles. The first-order chi connectivity index (χ1) is 7.08. The first kappa shape index (κ1) is 11.2. The second kappa shape index (κ2) is 5.11. The Morgan fingerprint density at radius 1 is 1.60 bits per heavy atom. The van der Waals surface area contributed by atoms with Gasteiger partial charge in [0.25, 0.3) is 0 Å². The zero-order chi connectivity index (χ0) is 11.3. The fraction of sp³-hybridized carbons (Fsp3) is 0.375. The number of anilines is 1. The molecule has 1 rings (SSSR count). The van der Waals surface area contributed by atoms with Crippen LogP contribution in [0.5, 0.6) is 6.01 Å². The number of carbonyl (C=O) groups is 1. The molecule has 1 aromatic rings. The molecule has 1 unspecified atom stereocenters. The Bertz CT molecular complexity index is 325. The summed E-state index contributed by atoms with van der Waals surface area (Å²) in [4.78, 5) is 17.7. The number of nitrogens with zero attached hydrogens (tertiary/aromatic N) is 2. The van der Waals surface area contributed by atoms with E-state index in [1.54, 1.807) is 6.92 Å². The molecule has 1 heterocycles. The monoisotopic (exact) mass is 213 g/mol. The Hall–Kier alpha value is -1.89. The predicted octanol–water partition coefficient (Wildman–Crippen LogP) is 0.326. The van der Waals surface area contributed by atoms with Crippen LogP contribution in [-0.4, -0.2) is 39.0 Å². The molecule has 15 heavy (non-hydrogen) atoms. The van der Waals surface area contributed by atoms with Crippen molar-refractivity contribution in [3.63, 3.8) is 0 Å². The lowest BCUT2D eigenvalue weighted by Gasteiger charge is -2.06. The van der Waals surface area contributed by atoms with Crippen molar-refractivity contribution in [3.05, 3.63) is 12.4 Å². The third-order valence-corrected chi connectivity index (χ3v) is 1.33. The van der Waals surface area contributed by atoms with Gasteiger partial charge in [0.05, 0.1) is 24.2 Å². The summed E-state index contributed by atoms with van der Waals surface area (Å²) >= 11 is 0. The van der Waals surface area contributed by atoms with Gasteiger partial charge in [0.1, 0.15) is 6.61 Å². The summed E-state index contributed by atoms with van der Waals surface area (Å²) in [5.41, 5.74) is 0.256. The Labute approximate surface area is 85.7 Å². The first-order valence-electron chi connectivity index (χ1n) is 4.21. The minimum Gasteiger partial charge on any atom is -0.465 e. The van der Waals surface area contributed by atoms with Crippen LogP contribution in [0.3, 0.4) is 0 Å². The van der Waals surface area contributed by atoms with E-state index in [9.17, 15) is 4.79 Å².